The van der Waals surface area contributed by atoms with Crippen LogP contribution in [0.25, 0.3) is 0 Å². The van der Waals surface area contributed by atoms with Gasteiger partial charge in [0.25, 0.3) is 0 Å². The van der Waals surface area contributed by atoms with Crippen LogP contribution < -0.4 is 10.6 Å². The molecule has 1 aromatic heterocycles. The number of nitrogens with one attached hydrogen (secondary N) is 2. The minimum atomic E-state index is -4.58. The smallest absolute Gasteiger partial charge is 0.357 e. The normalized spacial score (nSPS) is 12.5. The van der Waals surface area contributed by atoms with Crippen molar-refractivity contribution in [1.82, 2.24) is 20.4 Å². The van der Waals surface area contributed by atoms with E-state index in [4.69, 9.17) is 0 Å². The average molecular weight is 535 g/mol. The molecule has 29 heavy (non-hydrogen) atoms. The Hall–Kier alpha value is -1.99. The van der Waals surface area contributed by atoms with Crippen molar-refractivity contribution in [2.24, 2.45) is 12.0 Å². The molecule has 0 amide bonds. The van der Waals surface area contributed by atoms with Gasteiger partial charge in [0.1, 0.15) is 0 Å². The van der Waals surface area contributed by atoms with Crippen LogP contribution in [0.3, 0.4) is 0 Å². The predicted octanol–water partition coefficient (Wildman–Crippen LogP) is 4.33. The fourth-order valence-corrected chi connectivity index (χ4v) is 2.40. The van der Waals surface area contributed by atoms with Crippen LogP contribution in [-0.4, -0.2) is 22.3 Å². The van der Waals surface area contributed by atoms with Crippen molar-refractivity contribution < 1.29 is 26.3 Å². The minimum Gasteiger partial charge on any atom is -0.357 e. The van der Waals surface area contributed by atoms with Crippen LogP contribution in [0.2, 0.25) is 0 Å². The molecule has 12 heteroatoms. The van der Waals surface area contributed by atoms with Crippen LogP contribution in [0.1, 0.15) is 29.3 Å². The van der Waals surface area contributed by atoms with E-state index in [0.29, 0.717) is 12.1 Å². The number of guanidine groups is 1. The van der Waals surface area contributed by atoms with E-state index in [1.54, 1.807) is 6.92 Å². The zero-order chi connectivity index (χ0) is 20.9. The van der Waals surface area contributed by atoms with E-state index >= 15 is 0 Å². The third-order valence-corrected chi connectivity index (χ3v) is 3.66. The number of hydrogen-bond donors (Lipinski definition) is 2. The first kappa shape index (κ1) is 25.0. The minimum absolute atomic E-state index is 0. The SMILES string of the molecule is CCNC(=NCc1ccc(C(F)(F)F)cc1)NCc1cn(C)nc1C(F)(F)F.I. The van der Waals surface area contributed by atoms with Gasteiger partial charge in [-0.05, 0) is 24.6 Å². The highest BCUT2D eigenvalue weighted by Crippen LogP contribution is 2.30. The Morgan fingerprint density at radius 1 is 1.03 bits per heavy atom. The Morgan fingerprint density at radius 3 is 2.17 bits per heavy atom. The second-order valence-corrected chi connectivity index (χ2v) is 5.92. The van der Waals surface area contributed by atoms with Gasteiger partial charge < -0.3 is 10.6 Å². The second-order valence-electron chi connectivity index (χ2n) is 5.92. The van der Waals surface area contributed by atoms with Gasteiger partial charge in [0.15, 0.2) is 11.7 Å². The number of rotatable bonds is 5. The first-order valence-electron chi connectivity index (χ1n) is 8.28. The van der Waals surface area contributed by atoms with Crippen LogP contribution in [0.5, 0.6) is 0 Å². The number of aromatic nitrogens is 2. The van der Waals surface area contributed by atoms with Crippen LogP contribution in [-0.2, 0) is 32.5 Å². The van der Waals surface area contributed by atoms with E-state index in [1.165, 1.54) is 25.4 Å². The van der Waals surface area contributed by atoms with Gasteiger partial charge in [-0.25, -0.2) is 4.99 Å². The summed E-state index contributed by atoms with van der Waals surface area (Å²) in [5.41, 5.74) is -1.26. The number of benzene rings is 1. The summed E-state index contributed by atoms with van der Waals surface area (Å²) in [5, 5.41) is 9.08. The van der Waals surface area contributed by atoms with Gasteiger partial charge in [0.05, 0.1) is 12.1 Å². The zero-order valence-corrected chi connectivity index (χ0v) is 17.9. The van der Waals surface area contributed by atoms with Crippen LogP contribution in [0.15, 0.2) is 35.5 Å². The maximum atomic E-state index is 13.0. The van der Waals surface area contributed by atoms with Gasteiger partial charge in [-0.1, -0.05) is 12.1 Å². The molecule has 0 aliphatic rings. The lowest BCUT2D eigenvalue weighted by Gasteiger charge is -2.12. The van der Waals surface area contributed by atoms with Gasteiger partial charge in [-0.3, -0.25) is 4.68 Å². The molecular formula is C17H20F6IN5. The summed E-state index contributed by atoms with van der Waals surface area (Å²) in [4.78, 5) is 4.19. The third-order valence-electron chi connectivity index (χ3n) is 3.66. The molecule has 2 aromatic rings. The molecule has 2 rings (SSSR count). The predicted molar refractivity (Wildman–Crippen MR) is 107 cm³/mol. The monoisotopic (exact) mass is 535 g/mol. The molecule has 0 aliphatic heterocycles. The molecule has 0 bridgehead atoms. The summed E-state index contributed by atoms with van der Waals surface area (Å²) in [7, 11) is 1.39. The molecular weight excluding hydrogens is 515 g/mol. The molecule has 0 spiro atoms. The fourth-order valence-electron chi connectivity index (χ4n) is 2.40. The molecule has 2 N–H and O–H groups in total. The van der Waals surface area contributed by atoms with Gasteiger partial charge in [-0.2, -0.15) is 31.4 Å². The van der Waals surface area contributed by atoms with E-state index < -0.39 is 23.6 Å². The van der Waals surface area contributed by atoms with Crippen molar-refractivity contribution in [1.29, 1.82) is 0 Å². The maximum Gasteiger partial charge on any atom is 0.435 e. The molecule has 0 fully saturated rings. The van der Waals surface area contributed by atoms with Gasteiger partial charge >= 0.3 is 12.4 Å². The number of halogens is 7. The quantitative estimate of drug-likeness (QED) is 0.260. The summed E-state index contributed by atoms with van der Waals surface area (Å²) in [5.74, 6) is 0.236. The standard InChI is InChI=1S/C17H19F6N5.HI/c1-3-24-15(25-8-11-4-6-13(7-5-11)16(18,19)20)26-9-12-10-28(2)27-14(12)17(21,22)23;/h4-7,10H,3,8-9H2,1-2H3,(H2,24,25,26);1H. The third kappa shape index (κ3) is 7.40. The molecule has 5 nitrogen and oxygen atoms in total. The van der Waals surface area contributed by atoms with Crippen molar-refractivity contribution >= 4 is 29.9 Å². The van der Waals surface area contributed by atoms with E-state index in [2.05, 4.69) is 20.7 Å². The summed E-state index contributed by atoms with van der Waals surface area (Å²) in [6.07, 6.45) is -7.73. The number of alkyl halides is 6. The highest BCUT2D eigenvalue weighted by atomic mass is 127. The Kier molecular flexibility index (Phi) is 8.78. The Balaban J connectivity index is 0.00000420. The molecule has 0 aliphatic carbocycles. The second kappa shape index (κ2) is 10.2. The number of aliphatic imine (C=N–C) groups is 1. The van der Waals surface area contributed by atoms with Crippen molar-refractivity contribution in [3.8, 4) is 0 Å². The van der Waals surface area contributed by atoms with Crippen molar-refractivity contribution in [3.05, 3.63) is 52.8 Å². The molecule has 162 valence electrons. The summed E-state index contributed by atoms with van der Waals surface area (Å²) >= 11 is 0. The van der Waals surface area contributed by atoms with Crippen LogP contribution >= 0.6 is 24.0 Å². The van der Waals surface area contributed by atoms with Crippen molar-refractivity contribution in [3.63, 3.8) is 0 Å². The highest BCUT2D eigenvalue weighted by molar-refractivity contribution is 14.0. The lowest BCUT2D eigenvalue weighted by atomic mass is 10.1. The summed E-state index contributed by atoms with van der Waals surface area (Å²) < 4.78 is 77.8. The van der Waals surface area contributed by atoms with Gasteiger partial charge in [-0.15, -0.1) is 24.0 Å². The number of nitrogens with zero attached hydrogens (tertiary/aromatic N) is 3. The van der Waals surface area contributed by atoms with E-state index in [1.807, 2.05) is 0 Å². The highest BCUT2D eigenvalue weighted by Gasteiger charge is 2.36. The first-order valence-corrected chi connectivity index (χ1v) is 8.28. The molecule has 0 saturated carbocycles. The molecule has 0 atom stereocenters. The number of hydrogen-bond acceptors (Lipinski definition) is 2. The fraction of sp³-hybridized carbons (Fsp3) is 0.412. The maximum absolute atomic E-state index is 13.0. The largest absolute Gasteiger partial charge is 0.435 e. The molecule has 0 saturated heterocycles. The molecule has 1 heterocycles. The Labute approximate surface area is 180 Å². The summed E-state index contributed by atoms with van der Waals surface area (Å²) in [6.45, 7) is 2.13. The lowest BCUT2D eigenvalue weighted by Crippen LogP contribution is -2.37. The molecule has 1 aromatic carbocycles. The van der Waals surface area contributed by atoms with Crippen molar-refractivity contribution in [2.75, 3.05) is 6.54 Å². The molecule has 0 radical (unpaired) electrons. The Morgan fingerprint density at radius 2 is 1.66 bits per heavy atom. The van der Waals surface area contributed by atoms with Crippen LogP contribution in [0, 0.1) is 0 Å². The zero-order valence-electron chi connectivity index (χ0n) is 15.5. The lowest BCUT2D eigenvalue weighted by molar-refractivity contribution is -0.142. The summed E-state index contributed by atoms with van der Waals surface area (Å²) in [6, 6.07) is 4.52. The average Bonchev–Trinajstić information content (AvgIpc) is 2.98. The van der Waals surface area contributed by atoms with Crippen molar-refractivity contribution in [2.45, 2.75) is 32.4 Å². The van der Waals surface area contributed by atoms with E-state index in [-0.39, 0.29) is 48.6 Å². The molecule has 0 unspecified atom stereocenters. The Bertz CT molecular complexity index is 811. The van der Waals surface area contributed by atoms with E-state index in [9.17, 15) is 26.3 Å². The van der Waals surface area contributed by atoms with Gasteiger partial charge in [0, 0.05) is 31.9 Å². The number of aryl methyl sites for hydroxylation is 1. The topological polar surface area (TPSA) is 54.2 Å². The van der Waals surface area contributed by atoms with Crippen LogP contribution in [0.4, 0.5) is 26.3 Å². The first-order chi connectivity index (χ1) is 13.0. The van der Waals surface area contributed by atoms with E-state index in [0.717, 1.165) is 16.8 Å². The van der Waals surface area contributed by atoms with Gasteiger partial charge in [0.2, 0.25) is 0 Å².